The quantitative estimate of drug-likeness (QED) is 0.785. The fourth-order valence-corrected chi connectivity index (χ4v) is 2.88. The van der Waals surface area contributed by atoms with Gasteiger partial charge in [0.15, 0.2) is 0 Å². The van der Waals surface area contributed by atoms with Gasteiger partial charge in [-0.2, -0.15) is 0 Å². The first kappa shape index (κ1) is 19.7. The Kier molecular flexibility index (Phi) is 5.58. The van der Waals surface area contributed by atoms with Crippen LogP contribution in [-0.2, 0) is 11.3 Å². The number of carbonyl (C=O) groups is 2. The van der Waals surface area contributed by atoms with Crippen LogP contribution in [-0.4, -0.2) is 35.2 Å². The standard InChI is InChI=1S/C22H25NO5/c1-15-13-23(21(25)28-22(2,3)4)20(24)19-17(11-8-12-18(19)27-15)26-14-16-9-6-5-7-10-16/h5-12,15H,13-14H2,1-4H3/t15-/m1/s1. The molecule has 0 aliphatic carbocycles. The summed E-state index contributed by atoms with van der Waals surface area (Å²) in [6, 6.07) is 14.8. The molecule has 0 N–H and O–H groups in total. The molecule has 0 bridgehead atoms. The fraction of sp³-hybridized carbons (Fsp3) is 0.364. The predicted octanol–water partition coefficient (Wildman–Crippen LogP) is 4.42. The number of amides is 2. The Morgan fingerprint density at radius 2 is 1.86 bits per heavy atom. The highest BCUT2D eigenvalue weighted by molar-refractivity contribution is 6.07. The minimum Gasteiger partial charge on any atom is -0.488 e. The van der Waals surface area contributed by atoms with Gasteiger partial charge in [0, 0.05) is 0 Å². The van der Waals surface area contributed by atoms with Gasteiger partial charge >= 0.3 is 6.09 Å². The smallest absolute Gasteiger partial charge is 0.417 e. The highest BCUT2D eigenvalue weighted by Crippen LogP contribution is 2.34. The van der Waals surface area contributed by atoms with E-state index in [2.05, 4.69) is 0 Å². The minimum atomic E-state index is -0.708. The molecule has 0 radical (unpaired) electrons. The van der Waals surface area contributed by atoms with Crippen LogP contribution in [0.1, 0.15) is 43.6 Å². The van der Waals surface area contributed by atoms with Gasteiger partial charge in [-0.15, -0.1) is 0 Å². The van der Waals surface area contributed by atoms with Crippen molar-refractivity contribution in [3.63, 3.8) is 0 Å². The van der Waals surface area contributed by atoms with E-state index >= 15 is 0 Å². The SMILES string of the molecule is C[C@@H]1CN(C(=O)OC(C)(C)C)C(=O)c2c(OCc3ccccc3)cccc2O1. The maximum Gasteiger partial charge on any atom is 0.417 e. The van der Waals surface area contributed by atoms with Gasteiger partial charge in [-0.3, -0.25) is 4.79 Å². The molecule has 2 aromatic rings. The molecule has 1 aliphatic rings. The van der Waals surface area contributed by atoms with E-state index in [4.69, 9.17) is 14.2 Å². The van der Waals surface area contributed by atoms with Gasteiger partial charge in [0.1, 0.15) is 35.4 Å². The third-order valence-electron chi connectivity index (χ3n) is 4.07. The van der Waals surface area contributed by atoms with E-state index in [9.17, 15) is 9.59 Å². The van der Waals surface area contributed by atoms with Gasteiger partial charge in [-0.25, -0.2) is 9.69 Å². The van der Waals surface area contributed by atoms with Crippen LogP contribution in [0.4, 0.5) is 4.79 Å². The second-order valence-electron chi connectivity index (χ2n) is 7.73. The molecule has 1 aliphatic heterocycles. The Morgan fingerprint density at radius 1 is 1.14 bits per heavy atom. The number of hydrogen-bond donors (Lipinski definition) is 0. The number of benzene rings is 2. The van der Waals surface area contributed by atoms with Crippen LogP contribution in [0.3, 0.4) is 0 Å². The molecule has 0 saturated carbocycles. The van der Waals surface area contributed by atoms with E-state index in [1.54, 1.807) is 45.9 Å². The third-order valence-corrected chi connectivity index (χ3v) is 4.07. The lowest BCUT2D eigenvalue weighted by Gasteiger charge is -2.26. The number of ether oxygens (including phenoxy) is 3. The Hall–Kier alpha value is -3.02. The molecule has 0 fully saturated rings. The number of carbonyl (C=O) groups excluding carboxylic acids is 2. The molecule has 6 nitrogen and oxygen atoms in total. The zero-order chi connectivity index (χ0) is 20.3. The fourth-order valence-electron chi connectivity index (χ4n) is 2.88. The van der Waals surface area contributed by atoms with Crippen LogP contribution in [0.2, 0.25) is 0 Å². The number of rotatable bonds is 3. The Balaban J connectivity index is 1.91. The summed E-state index contributed by atoms with van der Waals surface area (Å²) in [6.07, 6.45) is -1.07. The van der Waals surface area contributed by atoms with Crippen molar-refractivity contribution in [1.29, 1.82) is 0 Å². The van der Waals surface area contributed by atoms with Crippen LogP contribution in [0.25, 0.3) is 0 Å². The molecular formula is C22H25NO5. The molecule has 2 aromatic carbocycles. The van der Waals surface area contributed by atoms with Gasteiger partial charge < -0.3 is 14.2 Å². The van der Waals surface area contributed by atoms with E-state index in [1.165, 1.54) is 0 Å². The lowest BCUT2D eigenvalue weighted by molar-refractivity contribution is 0.0202. The molecule has 0 unspecified atom stereocenters. The second-order valence-corrected chi connectivity index (χ2v) is 7.73. The summed E-state index contributed by atoms with van der Waals surface area (Å²) in [6.45, 7) is 7.48. The van der Waals surface area contributed by atoms with Crippen molar-refractivity contribution in [2.45, 2.75) is 46.0 Å². The lowest BCUT2D eigenvalue weighted by atomic mass is 10.1. The number of nitrogens with zero attached hydrogens (tertiary/aromatic N) is 1. The Morgan fingerprint density at radius 3 is 2.54 bits per heavy atom. The van der Waals surface area contributed by atoms with E-state index in [-0.39, 0.29) is 18.2 Å². The van der Waals surface area contributed by atoms with Crippen molar-refractivity contribution in [2.75, 3.05) is 6.54 Å². The highest BCUT2D eigenvalue weighted by Gasteiger charge is 2.36. The van der Waals surface area contributed by atoms with Gasteiger partial charge in [0.05, 0.1) is 6.54 Å². The molecule has 1 heterocycles. The largest absolute Gasteiger partial charge is 0.488 e. The number of fused-ring (bicyclic) bond motifs is 1. The maximum atomic E-state index is 13.2. The average Bonchev–Trinajstić information content (AvgIpc) is 2.76. The summed E-state index contributed by atoms with van der Waals surface area (Å²) in [4.78, 5) is 26.9. The van der Waals surface area contributed by atoms with E-state index < -0.39 is 17.6 Å². The first-order valence-corrected chi connectivity index (χ1v) is 9.26. The van der Waals surface area contributed by atoms with Crippen LogP contribution in [0, 0.1) is 0 Å². The van der Waals surface area contributed by atoms with E-state index in [0.717, 1.165) is 10.5 Å². The van der Waals surface area contributed by atoms with Gasteiger partial charge in [-0.05, 0) is 45.4 Å². The predicted molar refractivity (Wildman–Crippen MR) is 105 cm³/mol. The second kappa shape index (κ2) is 7.92. The zero-order valence-corrected chi connectivity index (χ0v) is 16.6. The first-order valence-electron chi connectivity index (χ1n) is 9.26. The summed E-state index contributed by atoms with van der Waals surface area (Å²) in [5.74, 6) is 0.278. The van der Waals surface area contributed by atoms with Crippen LogP contribution in [0.15, 0.2) is 48.5 Å². The summed E-state index contributed by atoms with van der Waals surface area (Å²) in [5, 5.41) is 0. The van der Waals surface area contributed by atoms with Crippen molar-refractivity contribution in [3.8, 4) is 11.5 Å². The van der Waals surface area contributed by atoms with Crippen molar-refractivity contribution in [2.24, 2.45) is 0 Å². The summed E-state index contributed by atoms with van der Waals surface area (Å²) < 4.78 is 17.2. The first-order chi connectivity index (χ1) is 13.2. The monoisotopic (exact) mass is 383 g/mol. The molecular weight excluding hydrogens is 358 g/mol. The van der Waals surface area contributed by atoms with E-state index in [1.807, 2.05) is 30.3 Å². The average molecular weight is 383 g/mol. The van der Waals surface area contributed by atoms with Gasteiger partial charge in [0.25, 0.3) is 5.91 Å². The molecule has 2 amide bonds. The van der Waals surface area contributed by atoms with Crippen molar-refractivity contribution in [3.05, 3.63) is 59.7 Å². The highest BCUT2D eigenvalue weighted by atomic mass is 16.6. The van der Waals surface area contributed by atoms with Crippen LogP contribution in [0.5, 0.6) is 11.5 Å². The topological polar surface area (TPSA) is 65.1 Å². The Labute approximate surface area is 165 Å². The number of imide groups is 1. The molecule has 6 heteroatoms. The van der Waals surface area contributed by atoms with Crippen molar-refractivity contribution >= 4 is 12.0 Å². The van der Waals surface area contributed by atoms with Crippen molar-refractivity contribution < 1.29 is 23.8 Å². The van der Waals surface area contributed by atoms with Gasteiger partial charge in [0.2, 0.25) is 0 Å². The van der Waals surface area contributed by atoms with Crippen LogP contribution < -0.4 is 9.47 Å². The molecule has 3 rings (SSSR count). The summed E-state index contributed by atoms with van der Waals surface area (Å²) in [7, 11) is 0. The molecule has 0 spiro atoms. The Bertz CT molecular complexity index is 857. The van der Waals surface area contributed by atoms with Crippen molar-refractivity contribution in [1.82, 2.24) is 4.90 Å². The van der Waals surface area contributed by atoms with E-state index in [0.29, 0.717) is 18.1 Å². The van der Waals surface area contributed by atoms with Gasteiger partial charge in [-0.1, -0.05) is 36.4 Å². The molecule has 0 aromatic heterocycles. The molecule has 1 atom stereocenters. The molecule has 28 heavy (non-hydrogen) atoms. The molecule has 148 valence electrons. The third kappa shape index (κ3) is 4.63. The zero-order valence-electron chi connectivity index (χ0n) is 16.6. The molecule has 0 saturated heterocycles. The summed E-state index contributed by atoms with van der Waals surface area (Å²) in [5.41, 5.74) is 0.494. The lowest BCUT2D eigenvalue weighted by Crippen LogP contribution is -2.43. The maximum absolute atomic E-state index is 13.2. The minimum absolute atomic E-state index is 0.0978. The normalized spacial score (nSPS) is 16.6. The number of hydrogen-bond acceptors (Lipinski definition) is 5. The summed E-state index contributed by atoms with van der Waals surface area (Å²) >= 11 is 0. The van der Waals surface area contributed by atoms with Crippen LogP contribution >= 0.6 is 0 Å².